The van der Waals surface area contributed by atoms with Gasteiger partial charge >= 0.3 is 6.09 Å². The highest BCUT2D eigenvalue weighted by Gasteiger charge is 2.20. The first-order chi connectivity index (χ1) is 11.6. The van der Waals surface area contributed by atoms with Crippen molar-refractivity contribution in [3.05, 3.63) is 52.0 Å². The number of carbonyl (C=O) groups is 1. The Morgan fingerprint density at radius 1 is 1.28 bits per heavy atom. The van der Waals surface area contributed by atoms with Crippen LogP contribution in [0.5, 0.6) is 0 Å². The smallest absolute Gasteiger partial charge is 0.408 e. The summed E-state index contributed by atoms with van der Waals surface area (Å²) in [5.41, 5.74) is 0.980. The van der Waals surface area contributed by atoms with E-state index in [1.54, 1.807) is 45.9 Å². The number of alkyl carbamates (subject to hydrolysis) is 1. The number of aromatic nitrogens is 1. The van der Waals surface area contributed by atoms with Crippen molar-refractivity contribution in [1.29, 1.82) is 0 Å². The van der Waals surface area contributed by atoms with E-state index < -0.39 is 17.5 Å². The number of amides is 1. The van der Waals surface area contributed by atoms with E-state index in [9.17, 15) is 9.18 Å². The Hall–Kier alpha value is -1.85. The van der Waals surface area contributed by atoms with Gasteiger partial charge in [-0.1, -0.05) is 35.3 Å². The highest BCUT2D eigenvalue weighted by molar-refractivity contribution is 6.32. The molecule has 1 heterocycles. The van der Waals surface area contributed by atoms with Crippen LogP contribution in [0.25, 0.3) is 11.1 Å². The van der Waals surface area contributed by atoms with Crippen LogP contribution in [-0.2, 0) is 4.74 Å². The molecule has 4 nitrogen and oxygen atoms in total. The normalized spacial score (nSPS) is 12.6. The van der Waals surface area contributed by atoms with Crippen LogP contribution in [0.2, 0.25) is 10.2 Å². The van der Waals surface area contributed by atoms with Gasteiger partial charge in [-0.3, -0.25) is 0 Å². The number of rotatable bonds is 3. The zero-order valence-electron chi connectivity index (χ0n) is 14.4. The first kappa shape index (κ1) is 19.5. The highest BCUT2D eigenvalue weighted by atomic mass is 35.5. The summed E-state index contributed by atoms with van der Waals surface area (Å²) in [6.07, 6.45) is 0.527. The van der Waals surface area contributed by atoms with E-state index in [1.165, 1.54) is 6.07 Å². The van der Waals surface area contributed by atoms with Gasteiger partial charge in [0.15, 0.2) is 0 Å². The molecule has 2 rings (SSSR count). The summed E-state index contributed by atoms with van der Waals surface area (Å²) in [5, 5.41) is 3.31. The van der Waals surface area contributed by atoms with Gasteiger partial charge in [-0.05, 0) is 51.0 Å². The van der Waals surface area contributed by atoms with Gasteiger partial charge in [0.05, 0.1) is 12.2 Å². The molecule has 0 unspecified atom stereocenters. The summed E-state index contributed by atoms with van der Waals surface area (Å²) in [6, 6.07) is 6.13. The maximum absolute atomic E-state index is 13.9. The van der Waals surface area contributed by atoms with E-state index in [0.717, 1.165) is 6.20 Å². The van der Waals surface area contributed by atoms with E-state index >= 15 is 0 Å². The third-order valence-electron chi connectivity index (χ3n) is 3.33. The number of pyridine rings is 1. The Kier molecular flexibility index (Phi) is 5.91. The van der Waals surface area contributed by atoms with Crippen molar-refractivity contribution < 1.29 is 13.9 Å². The lowest BCUT2D eigenvalue weighted by Crippen LogP contribution is -2.34. The zero-order valence-corrected chi connectivity index (χ0v) is 15.9. The molecule has 0 bridgehead atoms. The molecule has 1 aromatic carbocycles. The van der Waals surface area contributed by atoms with Crippen LogP contribution in [0.3, 0.4) is 0 Å². The Balaban J connectivity index is 2.22. The summed E-state index contributed by atoms with van der Waals surface area (Å²) in [7, 11) is 0. The number of carbonyl (C=O) groups excluding carboxylic acids is 1. The summed E-state index contributed by atoms with van der Waals surface area (Å²) in [6.45, 7) is 7.14. The molecule has 0 fully saturated rings. The lowest BCUT2D eigenvalue weighted by atomic mass is 10.0. The van der Waals surface area contributed by atoms with Crippen LogP contribution in [-0.4, -0.2) is 16.7 Å². The largest absolute Gasteiger partial charge is 0.444 e. The Bertz CT molecular complexity index is 791. The van der Waals surface area contributed by atoms with Gasteiger partial charge in [0.1, 0.15) is 16.6 Å². The summed E-state index contributed by atoms with van der Waals surface area (Å²) >= 11 is 12.1. The second-order valence-corrected chi connectivity index (χ2v) is 7.39. The average molecular weight is 385 g/mol. The van der Waals surface area contributed by atoms with E-state index in [1.807, 2.05) is 0 Å². The molecule has 1 N–H and O–H groups in total. The molecule has 0 radical (unpaired) electrons. The maximum atomic E-state index is 13.9. The van der Waals surface area contributed by atoms with Crippen LogP contribution in [0, 0.1) is 5.82 Å². The standard InChI is InChI=1S/C18H19Cl2FN2O2/c1-10(23-17(24)25-18(2,3)4)12-6-5-11(7-14(12)19)13-8-16(20)22-9-15(13)21/h5-10H,1-4H3,(H,23,24)/t10-/m1/s1. The predicted octanol–water partition coefficient (Wildman–Crippen LogP) is 5.78. The number of hydrogen-bond donors (Lipinski definition) is 1. The van der Waals surface area contributed by atoms with Crippen LogP contribution in [0.15, 0.2) is 30.5 Å². The molecule has 0 aliphatic carbocycles. The minimum absolute atomic E-state index is 0.191. The number of hydrogen-bond acceptors (Lipinski definition) is 3. The quantitative estimate of drug-likeness (QED) is 0.682. The molecule has 1 amide bonds. The molecule has 0 saturated carbocycles. The third kappa shape index (κ3) is 5.31. The Morgan fingerprint density at radius 3 is 2.56 bits per heavy atom. The number of nitrogens with zero attached hydrogens (tertiary/aromatic N) is 1. The predicted molar refractivity (Wildman–Crippen MR) is 97.4 cm³/mol. The van der Waals surface area contributed by atoms with Crippen LogP contribution >= 0.6 is 23.2 Å². The van der Waals surface area contributed by atoms with E-state index in [-0.39, 0.29) is 11.2 Å². The van der Waals surface area contributed by atoms with Crippen molar-refractivity contribution in [1.82, 2.24) is 10.3 Å². The van der Waals surface area contributed by atoms with Crippen molar-refractivity contribution in [2.75, 3.05) is 0 Å². The van der Waals surface area contributed by atoms with E-state index in [2.05, 4.69) is 10.3 Å². The van der Waals surface area contributed by atoms with Crippen molar-refractivity contribution in [2.45, 2.75) is 39.3 Å². The van der Waals surface area contributed by atoms with Gasteiger partial charge in [-0.25, -0.2) is 14.2 Å². The second kappa shape index (κ2) is 7.58. The molecule has 25 heavy (non-hydrogen) atoms. The van der Waals surface area contributed by atoms with Gasteiger partial charge in [-0.2, -0.15) is 0 Å². The number of nitrogens with one attached hydrogen (secondary N) is 1. The lowest BCUT2D eigenvalue weighted by Gasteiger charge is -2.22. The molecule has 1 aromatic heterocycles. The molecule has 0 spiro atoms. The maximum Gasteiger partial charge on any atom is 0.408 e. The zero-order chi connectivity index (χ0) is 18.8. The average Bonchev–Trinajstić information content (AvgIpc) is 2.47. The monoisotopic (exact) mass is 384 g/mol. The molecule has 1 atom stereocenters. The lowest BCUT2D eigenvalue weighted by molar-refractivity contribution is 0.0508. The molecule has 134 valence electrons. The first-order valence-corrected chi connectivity index (χ1v) is 8.43. The van der Waals surface area contributed by atoms with Gasteiger partial charge in [0, 0.05) is 10.6 Å². The first-order valence-electron chi connectivity index (χ1n) is 7.67. The molecule has 0 aliphatic rings. The minimum atomic E-state index is -0.588. The molecule has 0 saturated heterocycles. The summed E-state index contributed by atoms with van der Waals surface area (Å²) in [5.74, 6) is -0.492. The Labute approximate surface area is 156 Å². The van der Waals surface area contributed by atoms with Crippen molar-refractivity contribution in [3.63, 3.8) is 0 Å². The SMILES string of the molecule is C[C@@H](NC(=O)OC(C)(C)C)c1ccc(-c2cc(Cl)ncc2F)cc1Cl. The van der Waals surface area contributed by atoms with Crippen LogP contribution in [0.1, 0.15) is 39.3 Å². The number of benzene rings is 1. The summed E-state index contributed by atoms with van der Waals surface area (Å²) < 4.78 is 19.2. The number of ether oxygens (including phenoxy) is 1. The van der Waals surface area contributed by atoms with Gasteiger partial charge in [0.25, 0.3) is 0 Å². The molecular weight excluding hydrogens is 366 g/mol. The van der Waals surface area contributed by atoms with E-state index in [4.69, 9.17) is 27.9 Å². The molecule has 0 aliphatic heterocycles. The molecule has 7 heteroatoms. The Morgan fingerprint density at radius 2 is 1.96 bits per heavy atom. The minimum Gasteiger partial charge on any atom is -0.444 e. The summed E-state index contributed by atoms with van der Waals surface area (Å²) in [4.78, 5) is 15.6. The highest BCUT2D eigenvalue weighted by Crippen LogP contribution is 2.31. The fraction of sp³-hybridized carbons (Fsp3) is 0.333. The molecule has 2 aromatic rings. The van der Waals surface area contributed by atoms with E-state index in [0.29, 0.717) is 21.7 Å². The van der Waals surface area contributed by atoms with Crippen LogP contribution in [0.4, 0.5) is 9.18 Å². The van der Waals surface area contributed by atoms with Gasteiger partial charge < -0.3 is 10.1 Å². The van der Waals surface area contributed by atoms with Crippen molar-refractivity contribution >= 4 is 29.3 Å². The van der Waals surface area contributed by atoms with Crippen molar-refractivity contribution in [2.24, 2.45) is 0 Å². The fourth-order valence-corrected chi connectivity index (χ4v) is 2.74. The topological polar surface area (TPSA) is 51.2 Å². The van der Waals surface area contributed by atoms with Gasteiger partial charge in [0.2, 0.25) is 0 Å². The van der Waals surface area contributed by atoms with Crippen molar-refractivity contribution in [3.8, 4) is 11.1 Å². The third-order valence-corrected chi connectivity index (χ3v) is 3.87. The van der Waals surface area contributed by atoms with Gasteiger partial charge in [-0.15, -0.1) is 0 Å². The molecular formula is C18H19Cl2FN2O2. The second-order valence-electron chi connectivity index (χ2n) is 6.59. The van der Waals surface area contributed by atoms with Crippen LogP contribution < -0.4 is 5.32 Å². The fourth-order valence-electron chi connectivity index (χ4n) is 2.24. The number of halogens is 3.